The van der Waals surface area contributed by atoms with Gasteiger partial charge in [-0.3, -0.25) is 4.98 Å². The van der Waals surface area contributed by atoms with Gasteiger partial charge in [0.1, 0.15) is 11.6 Å². The molecule has 6 nitrogen and oxygen atoms in total. The summed E-state index contributed by atoms with van der Waals surface area (Å²) >= 11 is 6.45. The molecule has 1 aliphatic heterocycles. The molecule has 0 fully saturated rings. The van der Waals surface area contributed by atoms with E-state index in [0.29, 0.717) is 5.95 Å². The fourth-order valence-corrected chi connectivity index (χ4v) is 4.42. The number of aryl methyl sites for hydroxylation is 2. The van der Waals surface area contributed by atoms with Crippen molar-refractivity contribution in [3.8, 4) is 16.9 Å². The van der Waals surface area contributed by atoms with Gasteiger partial charge in [0.2, 0.25) is 5.95 Å². The Labute approximate surface area is 185 Å². The van der Waals surface area contributed by atoms with Crippen molar-refractivity contribution in [1.82, 2.24) is 19.7 Å². The van der Waals surface area contributed by atoms with Gasteiger partial charge in [0.15, 0.2) is 0 Å². The number of anilines is 2. The lowest BCUT2D eigenvalue weighted by molar-refractivity contribution is 0.446. The maximum atomic E-state index is 10.6. The molecule has 0 spiro atoms. The zero-order valence-electron chi connectivity index (χ0n) is 17.1. The third-order valence-electron chi connectivity index (χ3n) is 5.62. The van der Waals surface area contributed by atoms with Gasteiger partial charge in [0.05, 0.1) is 0 Å². The molecule has 1 unspecified atom stereocenters. The lowest BCUT2D eigenvalue weighted by Crippen LogP contribution is -2.18. The Bertz CT molecular complexity index is 1250. The van der Waals surface area contributed by atoms with Crippen LogP contribution in [-0.2, 0) is 6.54 Å². The summed E-state index contributed by atoms with van der Waals surface area (Å²) in [4.78, 5) is 8.97. The van der Waals surface area contributed by atoms with Gasteiger partial charge in [-0.15, -0.1) is 5.10 Å². The molecule has 2 aromatic carbocycles. The number of benzene rings is 2. The zero-order chi connectivity index (χ0) is 21.4. The summed E-state index contributed by atoms with van der Waals surface area (Å²) in [6.07, 6.45) is 3.75. The van der Waals surface area contributed by atoms with E-state index in [1.54, 1.807) is 12.3 Å². The van der Waals surface area contributed by atoms with Crippen LogP contribution in [-0.4, -0.2) is 24.9 Å². The molecule has 0 radical (unpaired) electrons. The van der Waals surface area contributed by atoms with E-state index in [1.807, 2.05) is 54.1 Å². The van der Waals surface area contributed by atoms with Crippen molar-refractivity contribution in [2.24, 2.45) is 0 Å². The number of rotatable bonds is 4. The molecule has 2 aromatic heterocycles. The smallest absolute Gasteiger partial charge is 0.246 e. The van der Waals surface area contributed by atoms with Crippen LogP contribution in [0.1, 0.15) is 35.8 Å². The molecule has 3 heterocycles. The average Bonchev–Trinajstić information content (AvgIpc) is 3.17. The Morgan fingerprint density at radius 2 is 2.00 bits per heavy atom. The number of phenolic OH excluding ortho intramolecular Hbond substituents is 1. The van der Waals surface area contributed by atoms with E-state index in [4.69, 9.17) is 16.6 Å². The highest BCUT2D eigenvalue weighted by Gasteiger charge is 2.27. The minimum Gasteiger partial charge on any atom is -0.507 e. The third kappa shape index (κ3) is 3.86. The van der Waals surface area contributed by atoms with Crippen molar-refractivity contribution in [2.45, 2.75) is 32.2 Å². The Kier molecular flexibility index (Phi) is 5.08. The Hall–Kier alpha value is -3.38. The van der Waals surface area contributed by atoms with Crippen molar-refractivity contribution in [2.75, 3.05) is 5.32 Å². The van der Waals surface area contributed by atoms with Gasteiger partial charge in [-0.1, -0.05) is 29.8 Å². The second-order valence-corrected chi connectivity index (χ2v) is 8.18. The van der Waals surface area contributed by atoms with E-state index in [-0.39, 0.29) is 11.7 Å². The summed E-state index contributed by atoms with van der Waals surface area (Å²) in [5, 5.41) is 19.2. The Morgan fingerprint density at radius 1 is 1.13 bits per heavy atom. The van der Waals surface area contributed by atoms with E-state index < -0.39 is 0 Å². The minimum absolute atomic E-state index is 0.121. The summed E-state index contributed by atoms with van der Waals surface area (Å²) in [6.45, 7) is 2.76. The SMILES string of the molecule is Cc1cc(-c2ccc(Nc3nc4n(n3)CCCC4c3ccccc3Cl)cc2O)ccn1. The molecule has 0 amide bonds. The highest BCUT2D eigenvalue weighted by Crippen LogP contribution is 2.37. The van der Waals surface area contributed by atoms with E-state index in [2.05, 4.69) is 21.5 Å². The normalized spacial score (nSPS) is 15.5. The quantitative estimate of drug-likeness (QED) is 0.435. The molecule has 31 heavy (non-hydrogen) atoms. The summed E-state index contributed by atoms with van der Waals surface area (Å²) < 4.78 is 1.95. The first kappa shape index (κ1) is 19.6. The van der Waals surface area contributed by atoms with Gasteiger partial charge in [0.25, 0.3) is 0 Å². The van der Waals surface area contributed by atoms with Gasteiger partial charge < -0.3 is 10.4 Å². The van der Waals surface area contributed by atoms with Gasteiger partial charge in [-0.2, -0.15) is 4.98 Å². The van der Waals surface area contributed by atoms with Crippen LogP contribution in [0.5, 0.6) is 5.75 Å². The molecular formula is C24H22ClN5O. The van der Waals surface area contributed by atoms with Crippen molar-refractivity contribution >= 4 is 23.2 Å². The first-order valence-electron chi connectivity index (χ1n) is 10.3. The first-order valence-corrected chi connectivity index (χ1v) is 10.7. The number of phenols is 1. The van der Waals surface area contributed by atoms with Crippen molar-refractivity contribution < 1.29 is 5.11 Å². The van der Waals surface area contributed by atoms with E-state index in [0.717, 1.165) is 58.3 Å². The predicted molar refractivity (Wildman–Crippen MR) is 122 cm³/mol. The number of aromatic hydroxyl groups is 1. The molecule has 1 atom stereocenters. The van der Waals surface area contributed by atoms with Crippen LogP contribution in [0.3, 0.4) is 0 Å². The fraction of sp³-hybridized carbons (Fsp3) is 0.208. The first-order chi connectivity index (χ1) is 15.1. The van der Waals surface area contributed by atoms with Crippen LogP contribution in [0.25, 0.3) is 11.1 Å². The number of fused-ring (bicyclic) bond motifs is 1. The highest BCUT2D eigenvalue weighted by molar-refractivity contribution is 6.31. The second-order valence-electron chi connectivity index (χ2n) is 7.78. The van der Waals surface area contributed by atoms with Crippen LogP contribution < -0.4 is 5.32 Å². The van der Waals surface area contributed by atoms with Gasteiger partial charge in [0, 0.05) is 46.7 Å². The molecule has 0 bridgehead atoms. The molecule has 0 saturated heterocycles. The van der Waals surface area contributed by atoms with Crippen LogP contribution in [0.4, 0.5) is 11.6 Å². The Balaban J connectivity index is 1.42. The second kappa shape index (κ2) is 8.04. The number of nitrogens with zero attached hydrogens (tertiary/aromatic N) is 4. The standard InChI is InChI=1S/C24H22ClN5O/c1-15-13-16(10-11-26-15)18-9-8-17(14-22(18)31)27-24-28-23-20(6-4-12-30(23)29-24)19-5-2-3-7-21(19)25/h2-3,5,7-11,13-14,20,31H,4,6,12H2,1H3,(H,27,29). The van der Waals surface area contributed by atoms with Crippen LogP contribution in [0.15, 0.2) is 60.8 Å². The van der Waals surface area contributed by atoms with Crippen molar-refractivity contribution in [3.63, 3.8) is 0 Å². The van der Waals surface area contributed by atoms with Gasteiger partial charge in [-0.25, -0.2) is 4.68 Å². The lowest BCUT2D eigenvalue weighted by atomic mass is 9.91. The molecule has 2 N–H and O–H groups in total. The lowest BCUT2D eigenvalue weighted by Gasteiger charge is -2.23. The molecule has 5 rings (SSSR count). The van der Waals surface area contributed by atoms with E-state index >= 15 is 0 Å². The summed E-state index contributed by atoms with van der Waals surface area (Å²) in [5.74, 6) is 1.74. The molecule has 7 heteroatoms. The van der Waals surface area contributed by atoms with Crippen molar-refractivity contribution in [3.05, 3.63) is 82.9 Å². The number of halogens is 1. The molecule has 4 aromatic rings. The minimum atomic E-state index is 0.121. The maximum absolute atomic E-state index is 10.6. The fourth-order valence-electron chi connectivity index (χ4n) is 4.15. The van der Waals surface area contributed by atoms with E-state index in [1.165, 1.54) is 0 Å². The number of pyridine rings is 1. The summed E-state index contributed by atoms with van der Waals surface area (Å²) in [6, 6.07) is 17.2. The van der Waals surface area contributed by atoms with Crippen LogP contribution in [0, 0.1) is 6.92 Å². The highest BCUT2D eigenvalue weighted by atomic mass is 35.5. The van der Waals surface area contributed by atoms with Gasteiger partial charge >= 0.3 is 0 Å². The van der Waals surface area contributed by atoms with Crippen molar-refractivity contribution in [1.29, 1.82) is 0 Å². The predicted octanol–water partition coefficient (Wildman–Crippen LogP) is 5.68. The average molecular weight is 432 g/mol. The number of hydrogen-bond donors (Lipinski definition) is 2. The molecule has 156 valence electrons. The summed E-state index contributed by atoms with van der Waals surface area (Å²) in [5.41, 5.74) is 4.39. The maximum Gasteiger partial charge on any atom is 0.246 e. The van der Waals surface area contributed by atoms with E-state index in [9.17, 15) is 5.11 Å². The topological polar surface area (TPSA) is 75.9 Å². The molecule has 1 aliphatic rings. The summed E-state index contributed by atoms with van der Waals surface area (Å²) in [7, 11) is 0. The van der Waals surface area contributed by atoms with Crippen LogP contribution >= 0.6 is 11.6 Å². The van der Waals surface area contributed by atoms with Gasteiger partial charge in [-0.05, 0) is 61.2 Å². The Morgan fingerprint density at radius 3 is 2.81 bits per heavy atom. The molecular weight excluding hydrogens is 410 g/mol. The largest absolute Gasteiger partial charge is 0.507 e. The number of nitrogens with one attached hydrogen (secondary N) is 1. The number of hydrogen-bond acceptors (Lipinski definition) is 5. The number of aromatic nitrogens is 4. The monoisotopic (exact) mass is 431 g/mol. The zero-order valence-corrected chi connectivity index (χ0v) is 17.8. The molecule has 0 aliphatic carbocycles. The third-order valence-corrected chi connectivity index (χ3v) is 5.96. The van der Waals surface area contributed by atoms with Crippen LogP contribution in [0.2, 0.25) is 5.02 Å². The molecule has 0 saturated carbocycles.